The van der Waals surface area contributed by atoms with Gasteiger partial charge in [0.05, 0.1) is 31.0 Å². The van der Waals surface area contributed by atoms with Gasteiger partial charge in [-0.2, -0.15) is 0 Å². The molecule has 1 N–H and O–H groups in total. The van der Waals surface area contributed by atoms with Crippen molar-refractivity contribution in [2.24, 2.45) is 0 Å². The normalized spacial score (nSPS) is 15.6. The van der Waals surface area contributed by atoms with Gasteiger partial charge in [-0.15, -0.1) is 0 Å². The number of rotatable bonds is 8. The number of nitrogens with zero attached hydrogens (tertiary/aromatic N) is 2. The Hall–Kier alpha value is -4.24. The Labute approximate surface area is 212 Å². The van der Waals surface area contributed by atoms with Crippen molar-refractivity contribution in [1.82, 2.24) is 4.98 Å². The molecule has 0 radical (unpaired) electrons. The average Bonchev–Trinajstić information content (AvgIpc) is 3.39. The zero-order valence-electron chi connectivity index (χ0n) is 19.9. The molecule has 9 heteroatoms. The molecule has 36 heavy (non-hydrogen) atoms. The number of carbonyl (C=O) groups is 3. The molecule has 1 amide bonds. The molecular weight excluding hydrogens is 480 g/mol. The second-order valence-electron chi connectivity index (χ2n) is 7.86. The lowest BCUT2D eigenvalue weighted by molar-refractivity contribution is -0.117. The Balaban J connectivity index is 1.82. The summed E-state index contributed by atoms with van der Waals surface area (Å²) >= 11 is 0.953. The van der Waals surface area contributed by atoms with E-state index in [1.54, 1.807) is 37.3 Å². The van der Waals surface area contributed by atoms with Crippen molar-refractivity contribution < 1.29 is 29.0 Å². The number of ketones is 1. The fourth-order valence-corrected chi connectivity index (χ4v) is 4.92. The lowest BCUT2D eigenvalue weighted by Crippen LogP contribution is -2.30. The number of aliphatic hydroxyl groups is 1. The Kier molecular flexibility index (Phi) is 7.30. The van der Waals surface area contributed by atoms with E-state index in [4.69, 9.17) is 9.47 Å². The van der Waals surface area contributed by atoms with E-state index < -0.39 is 29.5 Å². The van der Waals surface area contributed by atoms with Gasteiger partial charge >= 0.3 is 5.97 Å². The predicted molar refractivity (Wildman–Crippen MR) is 136 cm³/mol. The summed E-state index contributed by atoms with van der Waals surface area (Å²) in [5.74, 6) is -2.02. The summed E-state index contributed by atoms with van der Waals surface area (Å²) < 4.78 is 10.4. The maximum atomic E-state index is 13.4. The largest absolute Gasteiger partial charge is 0.503 e. The molecule has 1 atom stereocenters. The summed E-state index contributed by atoms with van der Waals surface area (Å²) in [4.78, 5) is 44.7. The number of hydrogen-bond donors (Lipinski definition) is 1. The molecule has 1 unspecified atom stereocenters. The summed E-state index contributed by atoms with van der Waals surface area (Å²) in [6.07, 6.45) is 2.94. The molecule has 2 aromatic carbocycles. The van der Waals surface area contributed by atoms with Crippen LogP contribution in [0.25, 0.3) is 6.08 Å². The van der Waals surface area contributed by atoms with Gasteiger partial charge in [0.1, 0.15) is 10.6 Å². The van der Waals surface area contributed by atoms with E-state index in [2.05, 4.69) is 4.98 Å². The van der Waals surface area contributed by atoms with Crippen molar-refractivity contribution in [1.29, 1.82) is 0 Å². The van der Waals surface area contributed by atoms with E-state index in [0.717, 1.165) is 16.9 Å². The van der Waals surface area contributed by atoms with Crippen LogP contribution >= 0.6 is 11.3 Å². The van der Waals surface area contributed by atoms with Crippen molar-refractivity contribution >= 4 is 40.2 Å². The molecule has 1 aliphatic heterocycles. The van der Waals surface area contributed by atoms with Crippen LogP contribution in [0.4, 0.5) is 5.13 Å². The number of thiazole rings is 1. The summed E-state index contributed by atoms with van der Waals surface area (Å²) in [7, 11) is 1.26. The quantitative estimate of drug-likeness (QED) is 0.346. The van der Waals surface area contributed by atoms with Gasteiger partial charge in [-0.05, 0) is 43.2 Å². The number of methoxy groups -OCH3 is 1. The first kappa shape index (κ1) is 24.9. The molecule has 0 aliphatic carbocycles. The molecule has 4 rings (SSSR count). The Morgan fingerprint density at radius 1 is 1.17 bits per heavy atom. The number of amides is 1. The van der Waals surface area contributed by atoms with Gasteiger partial charge in [0, 0.05) is 0 Å². The highest BCUT2D eigenvalue weighted by atomic mass is 32.1. The number of hydrogen-bond acceptors (Lipinski definition) is 8. The first-order valence-corrected chi connectivity index (χ1v) is 12.0. The van der Waals surface area contributed by atoms with Crippen LogP contribution in [0.1, 0.15) is 39.5 Å². The number of aromatic nitrogens is 1. The van der Waals surface area contributed by atoms with Crippen molar-refractivity contribution in [3.63, 3.8) is 0 Å². The SMILES string of the molecule is CCOc1cccc(C2C(C(=O)/C=C/c3ccccc3)=C(O)C(=O)N2c2nc(C)c(C(=O)OC)s2)c1. The highest BCUT2D eigenvalue weighted by molar-refractivity contribution is 7.17. The van der Waals surface area contributed by atoms with Gasteiger partial charge < -0.3 is 14.6 Å². The molecule has 184 valence electrons. The minimum absolute atomic E-state index is 0.0895. The highest BCUT2D eigenvalue weighted by Gasteiger charge is 2.45. The number of ether oxygens (including phenoxy) is 2. The smallest absolute Gasteiger partial charge is 0.350 e. The van der Waals surface area contributed by atoms with Gasteiger partial charge in [0.15, 0.2) is 16.7 Å². The number of allylic oxidation sites excluding steroid dienone is 1. The topological polar surface area (TPSA) is 106 Å². The fourth-order valence-electron chi connectivity index (χ4n) is 3.90. The third-order valence-corrected chi connectivity index (χ3v) is 6.68. The molecule has 0 spiro atoms. The van der Waals surface area contributed by atoms with Crippen molar-refractivity contribution in [2.75, 3.05) is 18.6 Å². The molecule has 1 aliphatic rings. The summed E-state index contributed by atoms with van der Waals surface area (Å²) in [5.41, 5.74) is 1.62. The van der Waals surface area contributed by atoms with Crippen molar-refractivity contribution in [3.05, 3.63) is 93.7 Å². The molecular formula is C27H24N2O6S. The van der Waals surface area contributed by atoms with Crippen LogP contribution in [0.3, 0.4) is 0 Å². The van der Waals surface area contributed by atoms with Crippen LogP contribution in [0.5, 0.6) is 5.75 Å². The number of aryl methyl sites for hydroxylation is 1. The van der Waals surface area contributed by atoms with Crippen LogP contribution in [0.15, 0.2) is 72.0 Å². The first-order valence-electron chi connectivity index (χ1n) is 11.2. The molecule has 8 nitrogen and oxygen atoms in total. The lowest BCUT2D eigenvalue weighted by atomic mass is 9.95. The summed E-state index contributed by atoms with van der Waals surface area (Å²) in [6.45, 7) is 3.90. The minimum Gasteiger partial charge on any atom is -0.503 e. The zero-order valence-corrected chi connectivity index (χ0v) is 20.7. The van der Waals surface area contributed by atoms with Crippen LogP contribution in [-0.2, 0) is 14.3 Å². The van der Waals surface area contributed by atoms with E-state index >= 15 is 0 Å². The van der Waals surface area contributed by atoms with Crippen LogP contribution in [-0.4, -0.2) is 41.5 Å². The number of benzene rings is 2. The van der Waals surface area contributed by atoms with Crippen LogP contribution < -0.4 is 9.64 Å². The monoisotopic (exact) mass is 504 g/mol. The number of carbonyl (C=O) groups excluding carboxylic acids is 3. The van der Waals surface area contributed by atoms with Crippen molar-refractivity contribution in [3.8, 4) is 5.75 Å². The number of aliphatic hydroxyl groups excluding tert-OH is 1. The Bertz CT molecular complexity index is 1380. The van der Waals surface area contributed by atoms with Crippen LogP contribution in [0.2, 0.25) is 0 Å². The third kappa shape index (κ3) is 4.78. The molecule has 0 saturated heterocycles. The number of anilines is 1. The van der Waals surface area contributed by atoms with E-state index in [9.17, 15) is 19.5 Å². The highest BCUT2D eigenvalue weighted by Crippen LogP contribution is 2.43. The van der Waals surface area contributed by atoms with E-state index in [1.807, 2.05) is 37.3 Å². The van der Waals surface area contributed by atoms with Gasteiger partial charge in [0.25, 0.3) is 5.91 Å². The molecule has 2 heterocycles. The fraction of sp³-hybridized carbons (Fsp3) is 0.185. The second kappa shape index (κ2) is 10.6. The summed E-state index contributed by atoms with van der Waals surface area (Å²) in [5, 5.41) is 11.0. The Morgan fingerprint density at radius 2 is 1.92 bits per heavy atom. The van der Waals surface area contributed by atoms with Gasteiger partial charge in [-0.1, -0.05) is 59.9 Å². The van der Waals surface area contributed by atoms with E-state index in [1.165, 1.54) is 18.1 Å². The predicted octanol–water partition coefficient (Wildman–Crippen LogP) is 4.82. The van der Waals surface area contributed by atoms with Crippen LogP contribution in [0, 0.1) is 6.92 Å². The van der Waals surface area contributed by atoms with Crippen molar-refractivity contribution in [2.45, 2.75) is 19.9 Å². The van der Waals surface area contributed by atoms with Gasteiger partial charge in [-0.3, -0.25) is 14.5 Å². The molecule has 3 aromatic rings. The standard InChI is InChI=1S/C27H24N2O6S/c1-4-35-19-12-8-11-18(15-19)22-21(20(30)14-13-17-9-6-5-7-10-17)23(31)25(32)29(22)27-28-16(2)24(36-27)26(33)34-3/h5-15,22,31H,4H2,1-3H3/b14-13+. The lowest BCUT2D eigenvalue weighted by Gasteiger charge is -2.24. The molecule has 1 aromatic heterocycles. The maximum absolute atomic E-state index is 13.4. The molecule has 0 saturated carbocycles. The summed E-state index contributed by atoms with van der Waals surface area (Å²) in [6, 6.07) is 15.2. The van der Waals surface area contributed by atoms with E-state index in [0.29, 0.717) is 23.6 Å². The van der Waals surface area contributed by atoms with Gasteiger partial charge in [-0.25, -0.2) is 9.78 Å². The molecule has 0 bridgehead atoms. The average molecular weight is 505 g/mol. The second-order valence-corrected chi connectivity index (χ2v) is 8.83. The Morgan fingerprint density at radius 3 is 2.61 bits per heavy atom. The van der Waals surface area contributed by atoms with Gasteiger partial charge in [0.2, 0.25) is 0 Å². The maximum Gasteiger partial charge on any atom is 0.350 e. The first-order chi connectivity index (χ1) is 17.3. The van der Waals surface area contributed by atoms with E-state index in [-0.39, 0.29) is 15.6 Å². The molecule has 0 fully saturated rings. The third-order valence-electron chi connectivity index (χ3n) is 5.55. The number of esters is 1. The minimum atomic E-state index is -0.984. The zero-order chi connectivity index (χ0) is 25.8.